The normalized spacial score (nSPS) is 15.2. The molecule has 0 aliphatic carbocycles. The molecule has 2 heterocycles. The van der Waals surface area contributed by atoms with Crippen molar-refractivity contribution in [3.8, 4) is 11.3 Å². The summed E-state index contributed by atoms with van der Waals surface area (Å²) in [6.07, 6.45) is -1.95. The fourth-order valence-corrected chi connectivity index (χ4v) is 3.47. The summed E-state index contributed by atoms with van der Waals surface area (Å²) in [5.41, 5.74) is 1.79. The maximum Gasteiger partial charge on any atom is 0.416 e. The lowest BCUT2D eigenvalue weighted by Crippen LogP contribution is -2.26. The van der Waals surface area contributed by atoms with Crippen LogP contribution in [0, 0.1) is 0 Å². The van der Waals surface area contributed by atoms with E-state index in [9.17, 15) is 18.0 Å². The zero-order valence-electron chi connectivity index (χ0n) is 15.7. The van der Waals surface area contributed by atoms with E-state index < -0.39 is 11.7 Å². The lowest BCUT2D eigenvalue weighted by Gasteiger charge is -2.15. The van der Waals surface area contributed by atoms with E-state index in [0.29, 0.717) is 29.2 Å². The summed E-state index contributed by atoms with van der Waals surface area (Å²) in [6.45, 7) is 2.62. The van der Waals surface area contributed by atoms with E-state index in [2.05, 4.69) is 0 Å². The van der Waals surface area contributed by atoms with E-state index in [1.165, 1.54) is 6.07 Å². The van der Waals surface area contributed by atoms with Crippen LogP contribution >= 0.6 is 0 Å². The molecule has 3 aromatic rings. The number of para-hydroxylation sites is 1. The molecule has 0 bridgehead atoms. The van der Waals surface area contributed by atoms with Crippen molar-refractivity contribution in [2.24, 2.45) is 0 Å². The molecule has 0 unspecified atom stereocenters. The number of anilines is 1. The summed E-state index contributed by atoms with van der Waals surface area (Å²) >= 11 is 0. The highest BCUT2D eigenvalue weighted by atomic mass is 19.4. The number of benzene rings is 2. The van der Waals surface area contributed by atoms with E-state index in [0.717, 1.165) is 29.8 Å². The largest absolute Gasteiger partial charge is 0.457 e. The van der Waals surface area contributed by atoms with Crippen molar-refractivity contribution in [3.05, 3.63) is 77.6 Å². The maximum atomic E-state index is 13.0. The number of fused-ring (bicyclic) bond motifs is 1. The van der Waals surface area contributed by atoms with E-state index in [4.69, 9.17) is 4.42 Å². The predicted octanol–water partition coefficient (Wildman–Crippen LogP) is 6.26. The minimum atomic E-state index is -4.42. The summed E-state index contributed by atoms with van der Waals surface area (Å²) in [7, 11) is 0. The van der Waals surface area contributed by atoms with Gasteiger partial charge in [0.05, 0.1) is 16.8 Å². The number of rotatable bonds is 4. The Labute approximate surface area is 166 Å². The fraction of sp³-hybridized carbons (Fsp3) is 0.174. The van der Waals surface area contributed by atoms with Crippen molar-refractivity contribution in [2.45, 2.75) is 19.5 Å². The first kappa shape index (κ1) is 19.1. The predicted molar refractivity (Wildman–Crippen MR) is 106 cm³/mol. The van der Waals surface area contributed by atoms with Gasteiger partial charge in [0.15, 0.2) is 0 Å². The van der Waals surface area contributed by atoms with Crippen LogP contribution in [0.25, 0.3) is 23.0 Å². The van der Waals surface area contributed by atoms with Crippen LogP contribution < -0.4 is 4.90 Å². The molecule has 6 heteroatoms. The van der Waals surface area contributed by atoms with Crippen LogP contribution in [0.5, 0.6) is 0 Å². The number of hydrogen-bond donors (Lipinski definition) is 0. The first-order chi connectivity index (χ1) is 13.9. The fourth-order valence-electron chi connectivity index (χ4n) is 3.47. The first-order valence-electron chi connectivity index (χ1n) is 9.29. The van der Waals surface area contributed by atoms with Crippen molar-refractivity contribution in [2.75, 3.05) is 11.4 Å². The number of alkyl halides is 3. The van der Waals surface area contributed by atoms with Crippen LogP contribution in [0.1, 0.15) is 30.2 Å². The Morgan fingerprint density at radius 3 is 2.59 bits per heavy atom. The molecule has 4 rings (SSSR count). The highest BCUT2D eigenvalue weighted by Gasteiger charge is 2.32. The van der Waals surface area contributed by atoms with Crippen LogP contribution in [-0.4, -0.2) is 12.5 Å². The molecule has 0 atom stereocenters. The lowest BCUT2D eigenvalue weighted by molar-refractivity contribution is -0.137. The van der Waals surface area contributed by atoms with Gasteiger partial charge in [0, 0.05) is 17.7 Å². The topological polar surface area (TPSA) is 33.5 Å². The molecule has 1 amide bonds. The second-order valence-electron chi connectivity index (χ2n) is 6.81. The van der Waals surface area contributed by atoms with Gasteiger partial charge in [-0.2, -0.15) is 13.2 Å². The third kappa shape index (κ3) is 3.58. The number of amides is 1. The molecule has 0 saturated heterocycles. The van der Waals surface area contributed by atoms with Crippen molar-refractivity contribution in [3.63, 3.8) is 0 Å². The van der Waals surface area contributed by atoms with Gasteiger partial charge in [-0.3, -0.25) is 4.79 Å². The SMILES string of the molecule is CCCN1C(=O)/C(=C\c2ccc(-c3cccc(C(F)(F)F)c3)o2)c2ccccc21. The highest BCUT2D eigenvalue weighted by molar-refractivity contribution is 6.35. The Morgan fingerprint density at radius 2 is 1.83 bits per heavy atom. The van der Waals surface area contributed by atoms with Gasteiger partial charge in [-0.15, -0.1) is 0 Å². The summed E-state index contributed by atoms with van der Waals surface area (Å²) in [4.78, 5) is 14.6. The number of furan rings is 1. The van der Waals surface area contributed by atoms with Crippen LogP contribution in [0.4, 0.5) is 18.9 Å². The highest BCUT2D eigenvalue weighted by Crippen LogP contribution is 2.38. The standard InChI is InChI=1S/C23H18F3NO2/c1-2-12-27-20-9-4-3-8-18(20)19(22(27)28)14-17-10-11-21(29-17)15-6-5-7-16(13-15)23(24,25)26/h3-11,13-14H,2,12H2,1H3/b19-14-. The monoisotopic (exact) mass is 397 g/mol. The molecule has 29 heavy (non-hydrogen) atoms. The van der Waals surface area contributed by atoms with Crippen molar-refractivity contribution in [1.29, 1.82) is 0 Å². The minimum absolute atomic E-state index is 0.106. The van der Waals surface area contributed by atoms with Crippen LogP contribution in [-0.2, 0) is 11.0 Å². The smallest absolute Gasteiger partial charge is 0.416 e. The van der Waals surface area contributed by atoms with Crippen LogP contribution in [0.2, 0.25) is 0 Å². The summed E-state index contributed by atoms with van der Waals surface area (Å²) in [5.74, 6) is 0.617. The minimum Gasteiger partial charge on any atom is -0.457 e. The zero-order chi connectivity index (χ0) is 20.6. The van der Waals surface area contributed by atoms with Crippen molar-refractivity contribution in [1.82, 2.24) is 0 Å². The molecule has 0 N–H and O–H groups in total. The molecule has 0 saturated carbocycles. The van der Waals surface area contributed by atoms with Gasteiger partial charge < -0.3 is 9.32 Å². The number of hydrogen-bond acceptors (Lipinski definition) is 2. The first-order valence-corrected chi connectivity index (χ1v) is 9.29. The molecule has 1 aromatic heterocycles. The second-order valence-corrected chi connectivity index (χ2v) is 6.81. The molecule has 2 aromatic carbocycles. The average molecular weight is 397 g/mol. The maximum absolute atomic E-state index is 13.0. The summed E-state index contributed by atoms with van der Waals surface area (Å²) < 4.78 is 44.6. The van der Waals surface area contributed by atoms with E-state index in [1.807, 2.05) is 31.2 Å². The van der Waals surface area contributed by atoms with Gasteiger partial charge in [0.25, 0.3) is 5.91 Å². The molecule has 0 fully saturated rings. The summed E-state index contributed by atoms with van der Waals surface area (Å²) in [6, 6.07) is 15.8. The van der Waals surface area contributed by atoms with E-state index in [1.54, 1.807) is 29.2 Å². The molecule has 148 valence electrons. The number of carbonyl (C=O) groups excluding carboxylic acids is 1. The molecule has 1 aliphatic heterocycles. The number of halogens is 3. The second kappa shape index (κ2) is 7.28. The van der Waals surface area contributed by atoms with Gasteiger partial charge in [0.1, 0.15) is 11.5 Å². The van der Waals surface area contributed by atoms with Gasteiger partial charge in [-0.1, -0.05) is 37.3 Å². The van der Waals surface area contributed by atoms with Crippen molar-refractivity contribution < 1.29 is 22.4 Å². The Balaban J connectivity index is 1.69. The Hall–Kier alpha value is -3.28. The van der Waals surface area contributed by atoms with Crippen LogP contribution in [0.3, 0.4) is 0 Å². The van der Waals surface area contributed by atoms with Gasteiger partial charge in [-0.05, 0) is 42.8 Å². The van der Waals surface area contributed by atoms with Gasteiger partial charge in [0.2, 0.25) is 0 Å². The molecule has 0 spiro atoms. The van der Waals surface area contributed by atoms with Crippen LogP contribution in [0.15, 0.2) is 65.1 Å². The van der Waals surface area contributed by atoms with Gasteiger partial charge >= 0.3 is 6.18 Å². The van der Waals surface area contributed by atoms with Gasteiger partial charge in [-0.25, -0.2) is 0 Å². The van der Waals surface area contributed by atoms with E-state index in [-0.39, 0.29) is 5.91 Å². The molecule has 1 aliphatic rings. The number of nitrogens with zero attached hydrogens (tertiary/aromatic N) is 1. The molecular formula is C23H18F3NO2. The third-order valence-electron chi connectivity index (χ3n) is 4.80. The Morgan fingerprint density at radius 1 is 1.03 bits per heavy atom. The quantitative estimate of drug-likeness (QED) is 0.487. The molecule has 3 nitrogen and oxygen atoms in total. The Bertz CT molecular complexity index is 1100. The van der Waals surface area contributed by atoms with E-state index >= 15 is 0 Å². The lowest BCUT2D eigenvalue weighted by atomic mass is 10.1. The molecular weight excluding hydrogens is 379 g/mol. The average Bonchev–Trinajstić information content (AvgIpc) is 3.27. The molecule has 0 radical (unpaired) electrons. The zero-order valence-corrected chi connectivity index (χ0v) is 15.7. The third-order valence-corrected chi connectivity index (χ3v) is 4.80. The van der Waals surface area contributed by atoms with Crippen molar-refractivity contribution >= 4 is 23.2 Å². The number of carbonyl (C=O) groups is 1. The Kier molecular flexibility index (Phi) is 4.78. The summed E-state index contributed by atoms with van der Waals surface area (Å²) in [5, 5.41) is 0.